The fourth-order valence-electron chi connectivity index (χ4n) is 1.72. The van der Waals surface area contributed by atoms with Gasteiger partial charge in [-0.2, -0.15) is 0 Å². The Balaban J connectivity index is 1.78. The van der Waals surface area contributed by atoms with Gasteiger partial charge in [-0.25, -0.2) is 9.18 Å². The van der Waals surface area contributed by atoms with E-state index in [-0.39, 0.29) is 11.6 Å². The van der Waals surface area contributed by atoms with E-state index < -0.39 is 6.03 Å². The number of benzene rings is 2. The number of carbonyl (C=O) groups is 1. The van der Waals surface area contributed by atoms with E-state index in [1.54, 1.807) is 30.3 Å². The summed E-state index contributed by atoms with van der Waals surface area (Å²) in [5, 5.41) is 14.7. The average molecular weight is 274 g/mol. The van der Waals surface area contributed by atoms with Crippen LogP contribution in [0.15, 0.2) is 48.5 Å². The molecule has 0 fully saturated rings. The quantitative estimate of drug-likeness (QED) is 0.751. The third-order valence-corrected chi connectivity index (χ3v) is 2.76. The average Bonchev–Trinajstić information content (AvgIpc) is 2.44. The lowest BCUT2D eigenvalue weighted by Gasteiger charge is -2.08. The van der Waals surface area contributed by atoms with Crippen molar-refractivity contribution in [3.8, 4) is 5.75 Å². The Bertz CT molecular complexity index is 585. The zero-order chi connectivity index (χ0) is 14.4. The maximum absolute atomic E-state index is 12.7. The number of para-hydroxylation sites is 2. The number of nitrogens with one attached hydrogen (secondary N) is 2. The minimum atomic E-state index is -0.395. The summed E-state index contributed by atoms with van der Waals surface area (Å²) in [6, 6.07) is 12.2. The van der Waals surface area contributed by atoms with Crippen LogP contribution in [0.25, 0.3) is 0 Å². The molecule has 0 aliphatic carbocycles. The van der Waals surface area contributed by atoms with Crippen molar-refractivity contribution in [3.63, 3.8) is 0 Å². The van der Waals surface area contributed by atoms with E-state index in [2.05, 4.69) is 10.6 Å². The van der Waals surface area contributed by atoms with Crippen molar-refractivity contribution in [3.05, 3.63) is 59.9 Å². The Morgan fingerprint density at radius 1 is 1.10 bits per heavy atom. The summed E-state index contributed by atoms with van der Waals surface area (Å²) in [7, 11) is 0. The van der Waals surface area contributed by atoms with Crippen LogP contribution in [0.2, 0.25) is 0 Å². The highest BCUT2D eigenvalue weighted by molar-refractivity contribution is 5.90. The van der Waals surface area contributed by atoms with Crippen molar-refractivity contribution < 1.29 is 14.3 Å². The number of hydrogen-bond donors (Lipinski definition) is 3. The van der Waals surface area contributed by atoms with E-state index in [0.29, 0.717) is 18.7 Å². The van der Waals surface area contributed by atoms with Crippen molar-refractivity contribution in [1.29, 1.82) is 0 Å². The maximum atomic E-state index is 12.7. The molecule has 0 aliphatic rings. The Morgan fingerprint density at radius 2 is 1.80 bits per heavy atom. The van der Waals surface area contributed by atoms with Crippen LogP contribution in [-0.4, -0.2) is 17.7 Å². The van der Waals surface area contributed by atoms with Crippen molar-refractivity contribution in [2.75, 3.05) is 11.9 Å². The Kier molecular flexibility index (Phi) is 4.55. The van der Waals surface area contributed by atoms with Gasteiger partial charge in [0.2, 0.25) is 0 Å². The van der Waals surface area contributed by atoms with Gasteiger partial charge >= 0.3 is 6.03 Å². The molecule has 0 radical (unpaired) electrons. The lowest BCUT2D eigenvalue weighted by molar-refractivity contribution is 0.252. The maximum Gasteiger partial charge on any atom is 0.319 e. The summed E-state index contributed by atoms with van der Waals surface area (Å²) < 4.78 is 12.7. The van der Waals surface area contributed by atoms with Crippen molar-refractivity contribution >= 4 is 11.7 Å². The first kappa shape index (κ1) is 13.9. The molecule has 2 rings (SSSR count). The van der Waals surface area contributed by atoms with Gasteiger partial charge in [-0.05, 0) is 36.2 Å². The smallest absolute Gasteiger partial charge is 0.319 e. The number of aromatic hydroxyl groups is 1. The molecule has 0 heterocycles. The number of urea groups is 1. The van der Waals surface area contributed by atoms with Gasteiger partial charge in [-0.15, -0.1) is 0 Å². The highest BCUT2D eigenvalue weighted by Crippen LogP contribution is 2.20. The molecule has 104 valence electrons. The third kappa shape index (κ3) is 3.98. The molecule has 0 spiro atoms. The van der Waals surface area contributed by atoms with Crippen LogP contribution < -0.4 is 10.6 Å². The molecule has 3 N–H and O–H groups in total. The predicted octanol–water partition coefficient (Wildman–Crippen LogP) is 2.90. The summed E-state index contributed by atoms with van der Waals surface area (Å²) in [6.45, 7) is 0.422. The highest BCUT2D eigenvalue weighted by atomic mass is 19.1. The fourth-order valence-corrected chi connectivity index (χ4v) is 1.72. The molecule has 0 unspecified atom stereocenters. The van der Waals surface area contributed by atoms with Gasteiger partial charge in [0.25, 0.3) is 0 Å². The first-order chi connectivity index (χ1) is 9.65. The molecule has 2 amide bonds. The molecule has 5 heteroatoms. The Morgan fingerprint density at radius 3 is 2.50 bits per heavy atom. The second-order valence-corrected chi connectivity index (χ2v) is 4.27. The number of carbonyl (C=O) groups excluding carboxylic acids is 1. The van der Waals surface area contributed by atoms with Gasteiger partial charge in [-0.3, -0.25) is 0 Å². The number of rotatable bonds is 4. The molecule has 20 heavy (non-hydrogen) atoms. The largest absolute Gasteiger partial charge is 0.506 e. The summed E-state index contributed by atoms with van der Waals surface area (Å²) in [5.41, 5.74) is 1.29. The summed E-state index contributed by atoms with van der Waals surface area (Å²) in [5.74, 6) is -0.264. The minimum absolute atomic E-state index is 0.0150. The van der Waals surface area contributed by atoms with Crippen LogP contribution >= 0.6 is 0 Å². The first-order valence-corrected chi connectivity index (χ1v) is 6.22. The van der Waals surface area contributed by atoms with Crippen molar-refractivity contribution in [2.24, 2.45) is 0 Å². The van der Waals surface area contributed by atoms with Crippen LogP contribution in [0.3, 0.4) is 0 Å². The Hall–Kier alpha value is -2.56. The standard InChI is InChI=1S/C15H15FN2O2/c16-12-7-5-11(6-8-12)9-10-17-15(20)18-13-3-1-2-4-14(13)19/h1-8,19H,9-10H2,(H2,17,18,20). The molecule has 0 saturated carbocycles. The van der Waals surface area contributed by atoms with Crippen LogP contribution in [0.5, 0.6) is 5.75 Å². The number of amides is 2. The van der Waals surface area contributed by atoms with Gasteiger partial charge in [-0.1, -0.05) is 24.3 Å². The van der Waals surface area contributed by atoms with Crippen LogP contribution in [0.4, 0.5) is 14.9 Å². The first-order valence-electron chi connectivity index (χ1n) is 6.22. The van der Waals surface area contributed by atoms with Crippen LogP contribution in [0.1, 0.15) is 5.56 Å². The Labute approximate surface area is 116 Å². The summed E-state index contributed by atoms with van der Waals surface area (Å²) in [6.07, 6.45) is 0.606. The molecular formula is C15H15FN2O2. The molecule has 0 atom stereocenters. The van der Waals surface area contributed by atoms with E-state index >= 15 is 0 Å². The van der Waals surface area contributed by atoms with E-state index in [1.165, 1.54) is 18.2 Å². The van der Waals surface area contributed by atoms with E-state index in [0.717, 1.165) is 5.56 Å². The molecule has 0 bridgehead atoms. The van der Waals surface area contributed by atoms with Gasteiger partial charge in [0, 0.05) is 6.54 Å². The predicted molar refractivity (Wildman–Crippen MR) is 75.2 cm³/mol. The van der Waals surface area contributed by atoms with Gasteiger partial charge in [0.05, 0.1) is 5.69 Å². The lowest BCUT2D eigenvalue weighted by atomic mass is 10.1. The molecule has 2 aromatic carbocycles. The van der Waals surface area contributed by atoms with E-state index in [9.17, 15) is 14.3 Å². The lowest BCUT2D eigenvalue weighted by Crippen LogP contribution is -2.30. The molecule has 4 nitrogen and oxygen atoms in total. The summed E-state index contributed by atoms with van der Waals surface area (Å²) >= 11 is 0. The monoisotopic (exact) mass is 274 g/mol. The molecule has 0 aromatic heterocycles. The fraction of sp³-hybridized carbons (Fsp3) is 0.133. The molecular weight excluding hydrogens is 259 g/mol. The number of phenolic OH excluding ortho intramolecular Hbond substituents is 1. The zero-order valence-corrected chi connectivity index (χ0v) is 10.8. The normalized spacial score (nSPS) is 10.1. The van der Waals surface area contributed by atoms with Crippen molar-refractivity contribution in [2.45, 2.75) is 6.42 Å². The van der Waals surface area contributed by atoms with Crippen LogP contribution in [0, 0.1) is 5.82 Å². The second-order valence-electron chi connectivity index (χ2n) is 4.27. The SMILES string of the molecule is O=C(NCCc1ccc(F)cc1)Nc1ccccc1O. The molecule has 2 aromatic rings. The minimum Gasteiger partial charge on any atom is -0.506 e. The van der Waals surface area contributed by atoms with Gasteiger partial charge < -0.3 is 15.7 Å². The van der Waals surface area contributed by atoms with E-state index in [4.69, 9.17) is 0 Å². The van der Waals surface area contributed by atoms with Gasteiger partial charge in [0.1, 0.15) is 11.6 Å². The topological polar surface area (TPSA) is 61.4 Å². The number of halogens is 1. The van der Waals surface area contributed by atoms with Crippen molar-refractivity contribution in [1.82, 2.24) is 5.32 Å². The molecule has 0 aliphatic heterocycles. The number of hydrogen-bond acceptors (Lipinski definition) is 2. The number of phenols is 1. The highest BCUT2D eigenvalue weighted by Gasteiger charge is 2.04. The second kappa shape index (κ2) is 6.56. The zero-order valence-electron chi connectivity index (χ0n) is 10.8. The van der Waals surface area contributed by atoms with E-state index in [1.807, 2.05) is 0 Å². The molecule has 0 saturated heterocycles. The summed E-state index contributed by atoms with van der Waals surface area (Å²) in [4.78, 5) is 11.6. The number of anilines is 1. The van der Waals surface area contributed by atoms with Gasteiger partial charge in [0.15, 0.2) is 0 Å². The van der Waals surface area contributed by atoms with Crippen LogP contribution in [-0.2, 0) is 6.42 Å². The third-order valence-electron chi connectivity index (χ3n) is 2.76.